The van der Waals surface area contributed by atoms with Crippen molar-refractivity contribution in [3.63, 3.8) is 0 Å². The van der Waals surface area contributed by atoms with Gasteiger partial charge in [-0.1, -0.05) is 0 Å². The molecule has 0 aliphatic heterocycles. The molecule has 0 saturated heterocycles. The number of nitrogen functional groups attached to an aromatic ring is 1. The monoisotopic (exact) mass is 188 g/mol. The molecule has 0 aliphatic rings. The molecular weight excluding hydrogens is 184 g/mol. The first kappa shape index (κ1) is 6.35. The van der Waals surface area contributed by atoms with Gasteiger partial charge in [0.05, 0.1) is 5.69 Å². The van der Waals surface area contributed by atoms with Crippen LogP contribution in [0.4, 0.5) is 5.69 Å². The number of aromatic amines is 1. The van der Waals surface area contributed by atoms with E-state index in [0.717, 1.165) is 0 Å². The fraction of sp³-hybridized carbons (Fsp3) is 0. The van der Waals surface area contributed by atoms with E-state index in [-0.39, 0.29) is 5.56 Å². The van der Waals surface area contributed by atoms with Crippen molar-refractivity contribution in [1.82, 2.24) is 4.98 Å². The third kappa shape index (κ3) is 1.32. The Kier molecular flexibility index (Phi) is 1.57. The van der Waals surface area contributed by atoms with Crippen LogP contribution in [0.3, 0.4) is 0 Å². The van der Waals surface area contributed by atoms with Gasteiger partial charge in [0.15, 0.2) is 0 Å². The molecule has 1 aromatic rings. The highest BCUT2D eigenvalue weighted by Gasteiger charge is 1.91. The fourth-order valence-electron chi connectivity index (χ4n) is 0.458. The van der Waals surface area contributed by atoms with Crippen molar-refractivity contribution < 1.29 is 0 Å². The number of hydrogen-bond donors (Lipinski definition) is 2. The van der Waals surface area contributed by atoms with Gasteiger partial charge in [0, 0.05) is 16.7 Å². The first-order valence-electron chi connectivity index (χ1n) is 2.34. The maximum atomic E-state index is 10.5. The number of rotatable bonds is 0. The zero-order valence-electron chi connectivity index (χ0n) is 4.52. The van der Waals surface area contributed by atoms with E-state index in [4.69, 9.17) is 5.73 Å². The predicted molar refractivity (Wildman–Crippen MR) is 39.2 cm³/mol. The van der Waals surface area contributed by atoms with Crippen molar-refractivity contribution in [3.05, 3.63) is 27.1 Å². The van der Waals surface area contributed by atoms with Gasteiger partial charge >= 0.3 is 0 Å². The second-order valence-electron chi connectivity index (χ2n) is 1.60. The van der Waals surface area contributed by atoms with Crippen LogP contribution in [0.1, 0.15) is 0 Å². The molecule has 3 N–H and O–H groups in total. The standard InChI is InChI=1S/C5H5BrN2O/c6-3-1-5(9)8-2-4(3)7/h1-2H,7H2,(H,8,9). The number of aromatic nitrogens is 1. The predicted octanol–water partition coefficient (Wildman–Crippen LogP) is 0.720. The average molecular weight is 189 g/mol. The van der Waals surface area contributed by atoms with Crippen LogP contribution in [-0.4, -0.2) is 4.98 Å². The molecular formula is C5H5BrN2O. The van der Waals surface area contributed by atoms with Gasteiger partial charge in [-0.25, -0.2) is 0 Å². The molecule has 0 spiro atoms. The molecule has 1 heterocycles. The van der Waals surface area contributed by atoms with Crippen LogP contribution in [0.5, 0.6) is 0 Å². The summed E-state index contributed by atoms with van der Waals surface area (Å²) in [6.07, 6.45) is 1.45. The lowest BCUT2D eigenvalue weighted by Gasteiger charge is -1.92. The Morgan fingerprint density at radius 2 is 2.33 bits per heavy atom. The van der Waals surface area contributed by atoms with E-state index in [9.17, 15) is 4.79 Å². The third-order valence-electron chi connectivity index (χ3n) is 0.904. The zero-order valence-corrected chi connectivity index (χ0v) is 6.10. The van der Waals surface area contributed by atoms with Gasteiger partial charge < -0.3 is 10.7 Å². The van der Waals surface area contributed by atoms with Crippen LogP contribution >= 0.6 is 15.9 Å². The fourth-order valence-corrected chi connectivity index (χ4v) is 0.780. The van der Waals surface area contributed by atoms with Crippen molar-refractivity contribution in [3.8, 4) is 0 Å². The maximum Gasteiger partial charge on any atom is 0.249 e. The molecule has 0 aromatic carbocycles. The average Bonchev–Trinajstić information content (AvgIpc) is 1.80. The summed E-state index contributed by atoms with van der Waals surface area (Å²) in [5, 5.41) is 0. The van der Waals surface area contributed by atoms with Crippen LogP contribution in [-0.2, 0) is 0 Å². The molecule has 0 amide bonds. The Labute approximate surface area is 60.0 Å². The molecule has 1 rings (SSSR count). The molecule has 4 heteroatoms. The number of nitrogens with one attached hydrogen (secondary N) is 1. The van der Waals surface area contributed by atoms with Gasteiger partial charge in [0.2, 0.25) is 5.56 Å². The summed E-state index contributed by atoms with van der Waals surface area (Å²) < 4.78 is 0.631. The van der Waals surface area contributed by atoms with Crippen molar-refractivity contribution >= 4 is 21.6 Å². The van der Waals surface area contributed by atoms with E-state index in [1.807, 2.05) is 0 Å². The Balaban J connectivity index is 3.34. The first-order chi connectivity index (χ1) is 4.20. The topological polar surface area (TPSA) is 58.9 Å². The van der Waals surface area contributed by atoms with Gasteiger partial charge in [-0.05, 0) is 15.9 Å². The minimum absolute atomic E-state index is 0.156. The molecule has 9 heavy (non-hydrogen) atoms. The molecule has 0 aliphatic carbocycles. The Morgan fingerprint density at radius 1 is 1.67 bits per heavy atom. The smallest absolute Gasteiger partial charge is 0.249 e. The number of pyridine rings is 1. The summed E-state index contributed by atoms with van der Waals surface area (Å²) in [7, 11) is 0. The second kappa shape index (κ2) is 2.23. The Hall–Kier alpha value is -0.770. The first-order valence-corrected chi connectivity index (χ1v) is 3.13. The molecule has 1 aromatic heterocycles. The van der Waals surface area contributed by atoms with E-state index in [2.05, 4.69) is 20.9 Å². The number of halogens is 1. The zero-order chi connectivity index (χ0) is 6.85. The molecule has 0 unspecified atom stereocenters. The Morgan fingerprint density at radius 3 is 2.78 bits per heavy atom. The van der Waals surface area contributed by atoms with Crippen molar-refractivity contribution in [2.24, 2.45) is 0 Å². The van der Waals surface area contributed by atoms with E-state index in [0.29, 0.717) is 10.2 Å². The summed E-state index contributed by atoms with van der Waals surface area (Å²) in [5.74, 6) is 0. The lowest BCUT2D eigenvalue weighted by Crippen LogP contribution is -2.03. The minimum Gasteiger partial charge on any atom is -0.397 e. The SMILES string of the molecule is Nc1c[nH]c(=O)cc1Br. The largest absolute Gasteiger partial charge is 0.397 e. The van der Waals surface area contributed by atoms with E-state index < -0.39 is 0 Å². The number of hydrogen-bond acceptors (Lipinski definition) is 2. The Bertz CT molecular complexity index is 268. The molecule has 0 atom stereocenters. The summed E-state index contributed by atoms with van der Waals surface area (Å²) in [5.41, 5.74) is 5.75. The highest BCUT2D eigenvalue weighted by atomic mass is 79.9. The van der Waals surface area contributed by atoms with E-state index >= 15 is 0 Å². The van der Waals surface area contributed by atoms with Crippen LogP contribution in [0.25, 0.3) is 0 Å². The van der Waals surface area contributed by atoms with E-state index in [1.54, 1.807) is 0 Å². The van der Waals surface area contributed by atoms with Gasteiger partial charge in [0.1, 0.15) is 0 Å². The molecule has 0 saturated carbocycles. The van der Waals surface area contributed by atoms with Crippen LogP contribution in [0, 0.1) is 0 Å². The molecule has 0 radical (unpaired) electrons. The normalized spacial score (nSPS) is 9.44. The highest BCUT2D eigenvalue weighted by Crippen LogP contribution is 2.13. The van der Waals surface area contributed by atoms with Crippen LogP contribution < -0.4 is 11.3 Å². The lowest BCUT2D eigenvalue weighted by molar-refractivity contribution is 1.23. The van der Waals surface area contributed by atoms with Crippen molar-refractivity contribution in [2.45, 2.75) is 0 Å². The third-order valence-corrected chi connectivity index (χ3v) is 1.59. The number of nitrogens with two attached hydrogens (primary N) is 1. The second-order valence-corrected chi connectivity index (χ2v) is 2.45. The van der Waals surface area contributed by atoms with Crippen molar-refractivity contribution in [2.75, 3.05) is 5.73 Å². The summed E-state index contributed by atoms with van der Waals surface area (Å²) >= 11 is 3.10. The number of H-pyrrole nitrogens is 1. The van der Waals surface area contributed by atoms with Crippen molar-refractivity contribution in [1.29, 1.82) is 0 Å². The summed E-state index contributed by atoms with van der Waals surface area (Å²) in [4.78, 5) is 12.9. The van der Waals surface area contributed by atoms with Gasteiger partial charge in [-0.3, -0.25) is 4.79 Å². The van der Waals surface area contributed by atoms with Gasteiger partial charge in [-0.15, -0.1) is 0 Å². The van der Waals surface area contributed by atoms with E-state index in [1.165, 1.54) is 12.3 Å². The van der Waals surface area contributed by atoms with Crippen LogP contribution in [0.15, 0.2) is 21.5 Å². The van der Waals surface area contributed by atoms with Crippen LogP contribution in [0.2, 0.25) is 0 Å². The maximum absolute atomic E-state index is 10.5. The minimum atomic E-state index is -0.156. The quantitative estimate of drug-likeness (QED) is 0.631. The summed E-state index contributed by atoms with van der Waals surface area (Å²) in [6.45, 7) is 0. The molecule has 3 nitrogen and oxygen atoms in total. The highest BCUT2D eigenvalue weighted by molar-refractivity contribution is 9.10. The lowest BCUT2D eigenvalue weighted by atomic mass is 10.4. The van der Waals surface area contributed by atoms with Gasteiger partial charge in [0.25, 0.3) is 0 Å². The van der Waals surface area contributed by atoms with Gasteiger partial charge in [-0.2, -0.15) is 0 Å². The number of anilines is 1. The molecule has 0 fully saturated rings. The summed E-state index contributed by atoms with van der Waals surface area (Å²) in [6, 6.07) is 1.38. The molecule has 48 valence electrons. The molecule has 0 bridgehead atoms.